The third-order valence-corrected chi connectivity index (χ3v) is 7.12. The van der Waals surface area contributed by atoms with Gasteiger partial charge in [0.05, 0.1) is 11.1 Å². The number of aryl methyl sites for hydroxylation is 2. The molecule has 2 aromatic carbocycles. The molecule has 10 heteroatoms. The fourth-order valence-corrected chi connectivity index (χ4v) is 5.20. The van der Waals surface area contributed by atoms with Crippen LogP contribution in [0.5, 0.6) is 11.6 Å². The molecule has 0 saturated heterocycles. The average Bonchev–Trinajstić information content (AvgIpc) is 3.15. The molecule has 5 aromatic rings. The van der Waals surface area contributed by atoms with E-state index in [0.717, 1.165) is 39.1 Å². The van der Waals surface area contributed by atoms with Crippen molar-refractivity contribution in [3.05, 3.63) is 90.2 Å². The van der Waals surface area contributed by atoms with Crippen LogP contribution in [0.2, 0.25) is 0 Å². The number of pyridine rings is 1. The number of halogens is 1. The Morgan fingerprint density at radius 2 is 1.95 bits per heavy atom. The largest absolute Gasteiger partial charge is 0.436 e. The molecule has 1 amide bonds. The highest BCUT2D eigenvalue weighted by molar-refractivity contribution is 6.09. The van der Waals surface area contributed by atoms with Crippen molar-refractivity contribution in [2.75, 3.05) is 31.3 Å². The van der Waals surface area contributed by atoms with Gasteiger partial charge in [-0.2, -0.15) is 0 Å². The van der Waals surface area contributed by atoms with Gasteiger partial charge in [-0.3, -0.25) is 4.79 Å². The molecule has 0 saturated carbocycles. The van der Waals surface area contributed by atoms with Gasteiger partial charge in [-0.1, -0.05) is 30.3 Å². The molecule has 42 heavy (non-hydrogen) atoms. The number of nitrogens with zero attached hydrogens (tertiary/aromatic N) is 5. The maximum absolute atomic E-state index is 16.1. The van der Waals surface area contributed by atoms with Crippen LogP contribution in [0.25, 0.3) is 33.4 Å². The van der Waals surface area contributed by atoms with Crippen LogP contribution in [0.3, 0.4) is 0 Å². The molecule has 3 aromatic heterocycles. The van der Waals surface area contributed by atoms with Gasteiger partial charge in [0.2, 0.25) is 11.8 Å². The molecule has 2 N–H and O–H groups in total. The first-order chi connectivity index (χ1) is 20.3. The Morgan fingerprint density at radius 3 is 2.71 bits per heavy atom. The minimum absolute atomic E-state index is 0.0964. The molecule has 0 atom stereocenters. The van der Waals surface area contributed by atoms with Crippen LogP contribution in [0.1, 0.15) is 11.3 Å². The number of anilines is 2. The zero-order chi connectivity index (χ0) is 29.4. The van der Waals surface area contributed by atoms with Crippen LogP contribution in [-0.4, -0.2) is 51.0 Å². The van der Waals surface area contributed by atoms with E-state index in [4.69, 9.17) is 4.74 Å². The number of hydrogen-bond acceptors (Lipinski definition) is 7. The van der Waals surface area contributed by atoms with Crippen molar-refractivity contribution in [3.63, 3.8) is 0 Å². The number of ether oxygens (including phenoxy) is 1. The van der Waals surface area contributed by atoms with Crippen molar-refractivity contribution in [2.24, 2.45) is 7.05 Å². The number of hydrogen-bond donors (Lipinski definition) is 2. The van der Waals surface area contributed by atoms with Crippen molar-refractivity contribution in [2.45, 2.75) is 13.5 Å². The van der Waals surface area contributed by atoms with E-state index in [-0.39, 0.29) is 18.2 Å². The number of carbonyl (C=O) groups excluding carboxylic acids is 1. The van der Waals surface area contributed by atoms with E-state index < -0.39 is 5.82 Å². The summed E-state index contributed by atoms with van der Waals surface area (Å²) in [7, 11) is 5.81. The molecule has 0 radical (unpaired) electrons. The first-order valence-corrected chi connectivity index (χ1v) is 13.5. The van der Waals surface area contributed by atoms with Gasteiger partial charge < -0.3 is 24.8 Å². The number of benzene rings is 2. The standard InChI is InChI=1S/C32H30FN7O2/c1-19-7-5-9-26(37-19)42-24-15-14-22-23(29(24)33)17-34-31-28-27(22)30(40(4)32(28)36-18-35-31)20-10-12-21(13-11-20)38-25(41)8-6-16-39(2)3/h5-15,18H,16-17H2,1-4H3,(H,38,41)(H,34,35,36)/b8-6+. The Hall–Kier alpha value is -5.09. The molecule has 6 rings (SSSR count). The fraction of sp³-hybridized carbons (Fsp3) is 0.188. The second kappa shape index (κ2) is 11.1. The minimum atomic E-state index is -0.465. The summed E-state index contributed by atoms with van der Waals surface area (Å²) in [5.41, 5.74) is 5.92. The lowest BCUT2D eigenvalue weighted by Crippen LogP contribution is -2.12. The van der Waals surface area contributed by atoms with Crippen LogP contribution in [0.15, 0.2) is 73.1 Å². The number of rotatable bonds is 7. The van der Waals surface area contributed by atoms with Crippen molar-refractivity contribution < 1.29 is 13.9 Å². The summed E-state index contributed by atoms with van der Waals surface area (Å²) in [5, 5.41) is 7.01. The molecule has 1 aliphatic heterocycles. The van der Waals surface area contributed by atoms with E-state index in [2.05, 4.69) is 25.6 Å². The molecule has 0 bridgehead atoms. The highest BCUT2D eigenvalue weighted by atomic mass is 19.1. The molecule has 9 nitrogen and oxygen atoms in total. The summed E-state index contributed by atoms with van der Waals surface area (Å²) in [6.07, 6.45) is 4.84. The van der Waals surface area contributed by atoms with E-state index in [9.17, 15) is 4.79 Å². The summed E-state index contributed by atoms with van der Waals surface area (Å²) in [6.45, 7) is 2.75. The van der Waals surface area contributed by atoms with Crippen LogP contribution in [-0.2, 0) is 18.4 Å². The van der Waals surface area contributed by atoms with Crippen molar-refractivity contribution in [1.29, 1.82) is 0 Å². The number of likely N-dealkylation sites (N-methyl/N-ethyl adjacent to an activating group) is 1. The molecular formula is C32H30FN7O2. The quantitative estimate of drug-likeness (QED) is 0.237. The number of amides is 1. The summed E-state index contributed by atoms with van der Waals surface area (Å²) in [5.74, 6) is 0.387. The summed E-state index contributed by atoms with van der Waals surface area (Å²) >= 11 is 0. The summed E-state index contributed by atoms with van der Waals surface area (Å²) in [4.78, 5) is 27.7. The SMILES string of the molecule is Cc1cccc(Oc2ccc3c(c2F)CNc2ncnc4c2c-3c(-c2ccc(NC(=O)/C=C/CN(C)C)cc2)n4C)n1. The third kappa shape index (κ3) is 5.08. The first-order valence-electron chi connectivity index (χ1n) is 13.5. The second-order valence-corrected chi connectivity index (χ2v) is 10.4. The molecule has 4 heterocycles. The topological polar surface area (TPSA) is 97.2 Å². The highest BCUT2D eigenvalue weighted by Crippen LogP contribution is 2.46. The van der Waals surface area contributed by atoms with Crippen LogP contribution >= 0.6 is 0 Å². The Bertz CT molecular complexity index is 1840. The van der Waals surface area contributed by atoms with Crippen LogP contribution in [0, 0.1) is 12.7 Å². The monoisotopic (exact) mass is 563 g/mol. The van der Waals surface area contributed by atoms with Gasteiger partial charge in [0.25, 0.3) is 0 Å². The zero-order valence-corrected chi connectivity index (χ0v) is 23.8. The normalized spacial score (nSPS) is 12.3. The smallest absolute Gasteiger partial charge is 0.248 e. The van der Waals surface area contributed by atoms with Gasteiger partial charge in [0, 0.05) is 54.8 Å². The van der Waals surface area contributed by atoms with E-state index in [1.165, 1.54) is 12.4 Å². The molecular weight excluding hydrogens is 533 g/mol. The van der Waals surface area contributed by atoms with Crippen molar-refractivity contribution >= 4 is 28.4 Å². The third-order valence-electron chi connectivity index (χ3n) is 7.12. The van der Waals surface area contributed by atoms with E-state index in [1.807, 2.05) is 86.1 Å². The van der Waals surface area contributed by atoms with Gasteiger partial charge in [-0.15, -0.1) is 0 Å². The molecule has 0 unspecified atom stereocenters. The minimum Gasteiger partial charge on any atom is -0.436 e. The van der Waals surface area contributed by atoms with E-state index in [0.29, 0.717) is 29.5 Å². The Kier molecular flexibility index (Phi) is 7.13. The van der Waals surface area contributed by atoms with Crippen molar-refractivity contribution in [1.82, 2.24) is 24.4 Å². The number of aromatic nitrogens is 4. The number of nitrogens with one attached hydrogen (secondary N) is 2. The number of fused-ring (bicyclic) bond motifs is 2. The summed E-state index contributed by atoms with van der Waals surface area (Å²) in [6, 6.07) is 16.5. The average molecular weight is 564 g/mol. The van der Waals surface area contributed by atoms with Gasteiger partial charge >= 0.3 is 0 Å². The predicted octanol–water partition coefficient (Wildman–Crippen LogP) is 5.92. The van der Waals surface area contributed by atoms with Gasteiger partial charge in [-0.05, 0) is 56.4 Å². The van der Waals surface area contributed by atoms with Crippen LogP contribution in [0.4, 0.5) is 15.9 Å². The highest BCUT2D eigenvalue weighted by Gasteiger charge is 2.29. The fourth-order valence-electron chi connectivity index (χ4n) is 5.20. The second-order valence-electron chi connectivity index (χ2n) is 10.4. The first kappa shape index (κ1) is 27.1. The van der Waals surface area contributed by atoms with Gasteiger partial charge in [0.15, 0.2) is 11.6 Å². The Balaban J connectivity index is 1.41. The molecule has 0 spiro atoms. The lowest BCUT2D eigenvalue weighted by atomic mass is 9.95. The van der Waals surface area contributed by atoms with E-state index in [1.54, 1.807) is 12.1 Å². The lowest BCUT2D eigenvalue weighted by molar-refractivity contribution is -0.111. The zero-order valence-electron chi connectivity index (χ0n) is 23.8. The Labute approximate surface area is 242 Å². The lowest BCUT2D eigenvalue weighted by Gasteiger charge is -2.15. The molecule has 1 aliphatic rings. The van der Waals surface area contributed by atoms with Gasteiger partial charge in [-0.25, -0.2) is 19.3 Å². The maximum atomic E-state index is 16.1. The predicted molar refractivity (Wildman–Crippen MR) is 162 cm³/mol. The molecule has 212 valence electrons. The molecule has 0 aliphatic carbocycles. The Morgan fingerprint density at radius 1 is 1.14 bits per heavy atom. The maximum Gasteiger partial charge on any atom is 0.248 e. The summed E-state index contributed by atoms with van der Waals surface area (Å²) < 4.78 is 23.9. The van der Waals surface area contributed by atoms with Crippen molar-refractivity contribution in [3.8, 4) is 34.0 Å². The van der Waals surface area contributed by atoms with E-state index >= 15 is 4.39 Å². The van der Waals surface area contributed by atoms with Gasteiger partial charge in [0.1, 0.15) is 17.8 Å². The molecule has 0 fully saturated rings. The van der Waals surface area contributed by atoms with Crippen LogP contribution < -0.4 is 15.4 Å². The number of carbonyl (C=O) groups is 1.